The van der Waals surface area contributed by atoms with Gasteiger partial charge in [0.2, 0.25) is 5.91 Å². The van der Waals surface area contributed by atoms with Crippen molar-refractivity contribution in [1.29, 1.82) is 5.41 Å². The minimum atomic E-state index is -0.324. The van der Waals surface area contributed by atoms with Crippen LogP contribution in [0, 0.1) is 11.3 Å². The molecule has 0 saturated carbocycles. The van der Waals surface area contributed by atoms with E-state index in [4.69, 9.17) is 10.1 Å². The van der Waals surface area contributed by atoms with Crippen LogP contribution in [0.15, 0.2) is 60.5 Å². The van der Waals surface area contributed by atoms with E-state index in [9.17, 15) is 9.59 Å². The van der Waals surface area contributed by atoms with E-state index in [-0.39, 0.29) is 17.9 Å². The molecule has 1 fully saturated rings. The third-order valence-electron chi connectivity index (χ3n) is 6.88. The standard InChI is InChI=1S/C30H40N4O3.C2H6/c1-19(2)15-28(35)33-14-13-24-17-27(37-7)26(16-25(24)18-33)30(36)32-21(4)10-8-9-20(3)29(31)34-22(5)11-12-23(34)6;1-2/h8-10,16-17,19,23,31H,4-5,11-15,18H2,1-3,6-7H3,(H,32,36);1-2H3/b10-8-,20-9+,31-29?;. The largest absolute Gasteiger partial charge is 0.496 e. The second-order valence-electron chi connectivity index (χ2n) is 10.3. The number of methoxy groups -OCH3 is 1. The van der Waals surface area contributed by atoms with Gasteiger partial charge in [0.1, 0.15) is 11.6 Å². The van der Waals surface area contributed by atoms with Crippen LogP contribution >= 0.6 is 0 Å². The van der Waals surface area contributed by atoms with Crippen molar-refractivity contribution < 1.29 is 14.3 Å². The molecule has 2 aliphatic rings. The van der Waals surface area contributed by atoms with Crippen molar-refractivity contribution in [3.8, 4) is 5.75 Å². The third-order valence-corrected chi connectivity index (χ3v) is 6.88. The number of nitrogens with zero attached hydrogens (tertiary/aromatic N) is 2. The van der Waals surface area contributed by atoms with Gasteiger partial charge in [-0.15, -0.1) is 0 Å². The maximum atomic E-state index is 13.1. The Hall–Kier alpha value is -3.61. The fourth-order valence-corrected chi connectivity index (χ4v) is 4.77. The molecule has 39 heavy (non-hydrogen) atoms. The van der Waals surface area contributed by atoms with E-state index < -0.39 is 0 Å². The number of amidine groups is 1. The Kier molecular flexibility index (Phi) is 11.8. The summed E-state index contributed by atoms with van der Waals surface area (Å²) in [6, 6.07) is 4.00. The topological polar surface area (TPSA) is 85.7 Å². The summed E-state index contributed by atoms with van der Waals surface area (Å²) in [7, 11) is 1.55. The zero-order valence-electron chi connectivity index (χ0n) is 24.8. The molecule has 7 nitrogen and oxygen atoms in total. The first-order valence-electron chi connectivity index (χ1n) is 13.9. The monoisotopic (exact) mass is 534 g/mol. The van der Waals surface area contributed by atoms with Gasteiger partial charge in [0.25, 0.3) is 5.91 Å². The van der Waals surface area contributed by atoms with Crippen molar-refractivity contribution in [2.45, 2.75) is 79.8 Å². The number of allylic oxidation sites excluding steroid dienone is 4. The van der Waals surface area contributed by atoms with Crippen molar-refractivity contribution in [3.63, 3.8) is 0 Å². The Labute approximate surface area is 234 Å². The van der Waals surface area contributed by atoms with E-state index in [1.54, 1.807) is 19.3 Å². The normalized spacial score (nSPS) is 17.1. The fourth-order valence-electron chi connectivity index (χ4n) is 4.77. The van der Waals surface area contributed by atoms with E-state index in [1.807, 2.05) is 62.6 Å². The minimum Gasteiger partial charge on any atom is -0.496 e. The summed E-state index contributed by atoms with van der Waals surface area (Å²) in [5.41, 5.74) is 4.66. The van der Waals surface area contributed by atoms with Gasteiger partial charge in [-0.2, -0.15) is 0 Å². The van der Waals surface area contributed by atoms with E-state index in [1.165, 1.54) is 0 Å². The molecule has 0 radical (unpaired) electrons. The summed E-state index contributed by atoms with van der Waals surface area (Å²) >= 11 is 0. The average molecular weight is 535 g/mol. The molecule has 2 amide bonds. The van der Waals surface area contributed by atoms with Gasteiger partial charge < -0.3 is 19.9 Å². The number of carbonyl (C=O) groups is 2. The molecule has 1 aromatic carbocycles. The lowest BCUT2D eigenvalue weighted by Crippen LogP contribution is -2.36. The quantitative estimate of drug-likeness (QED) is 0.230. The lowest BCUT2D eigenvalue weighted by atomic mass is 9.95. The molecule has 1 aromatic rings. The SMILES string of the molecule is C=C(/C=C\C=C(/C)C(=N)N1C(=C)CCC1C)NC(=O)c1cc2c(cc1OC)CCN(C(=O)CC(C)C)C2.CC. The second-order valence-corrected chi connectivity index (χ2v) is 10.3. The van der Waals surface area contributed by atoms with E-state index >= 15 is 0 Å². The van der Waals surface area contributed by atoms with Crippen LogP contribution in [0.5, 0.6) is 5.75 Å². The maximum Gasteiger partial charge on any atom is 0.259 e. The van der Waals surface area contributed by atoms with E-state index in [0.717, 1.165) is 41.7 Å². The number of rotatable bonds is 8. The molecule has 1 saturated heterocycles. The summed E-state index contributed by atoms with van der Waals surface area (Å²) in [4.78, 5) is 29.5. The lowest BCUT2D eigenvalue weighted by molar-refractivity contribution is -0.132. The van der Waals surface area contributed by atoms with Gasteiger partial charge in [-0.1, -0.05) is 53.0 Å². The summed E-state index contributed by atoms with van der Waals surface area (Å²) in [5, 5.41) is 11.3. The molecule has 2 N–H and O–H groups in total. The van der Waals surface area contributed by atoms with Crippen LogP contribution in [-0.4, -0.2) is 47.1 Å². The number of carbonyl (C=O) groups excluding carboxylic acids is 2. The minimum absolute atomic E-state index is 0.140. The molecule has 2 aliphatic heterocycles. The highest BCUT2D eigenvalue weighted by Crippen LogP contribution is 2.29. The first-order chi connectivity index (χ1) is 18.5. The van der Waals surface area contributed by atoms with Gasteiger partial charge in [-0.05, 0) is 73.9 Å². The number of ether oxygens (including phenoxy) is 1. The van der Waals surface area contributed by atoms with Crippen molar-refractivity contribution in [3.05, 3.63) is 77.2 Å². The van der Waals surface area contributed by atoms with E-state index in [2.05, 4.69) is 25.4 Å². The number of hydrogen-bond donors (Lipinski definition) is 2. The highest BCUT2D eigenvalue weighted by Gasteiger charge is 2.27. The first-order valence-corrected chi connectivity index (χ1v) is 13.9. The highest BCUT2D eigenvalue weighted by atomic mass is 16.5. The highest BCUT2D eigenvalue weighted by molar-refractivity contribution is 5.99. The fraction of sp³-hybridized carbons (Fsp3) is 0.469. The van der Waals surface area contributed by atoms with E-state index in [0.29, 0.717) is 48.3 Å². The van der Waals surface area contributed by atoms with Crippen molar-refractivity contribution in [2.75, 3.05) is 13.7 Å². The molecule has 0 bridgehead atoms. The predicted octanol–water partition coefficient (Wildman–Crippen LogP) is 6.37. The van der Waals surface area contributed by atoms with Crippen LogP contribution in [0.2, 0.25) is 0 Å². The molecule has 1 atom stereocenters. The smallest absolute Gasteiger partial charge is 0.259 e. The van der Waals surface area contributed by atoms with Crippen LogP contribution in [0.3, 0.4) is 0 Å². The van der Waals surface area contributed by atoms with Gasteiger partial charge in [0, 0.05) is 36.9 Å². The Morgan fingerprint density at radius 1 is 1.23 bits per heavy atom. The van der Waals surface area contributed by atoms with Gasteiger partial charge >= 0.3 is 0 Å². The molecule has 0 spiro atoms. The lowest BCUT2D eigenvalue weighted by Gasteiger charge is -2.30. The van der Waals surface area contributed by atoms with Crippen molar-refractivity contribution in [1.82, 2.24) is 15.1 Å². The maximum absolute atomic E-state index is 13.1. The molecular formula is C32H46N4O3. The second kappa shape index (κ2) is 14.5. The zero-order chi connectivity index (χ0) is 29.3. The number of hydrogen-bond acceptors (Lipinski definition) is 4. The molecule has 2 heterocycles. The van der Waals surface area contributed by atoms with Crippen LogP contribution in [0.1, 0.15) is 82.3 Å². The van der Waals surface area contributed by atoms with Gasteiger partial charge in [0.15, 0.2) is 0 Å². The first kappa shape index (κ1) is 31.6. The number of amides is 2. The Morgan fingerprint density at radius 3 is 2.51 bits per heavy atom. The molecule has 3 rings (SSSR count). The summed E-state index contributed by atoms with van der Waals surface area (Å²) in [6.45, 7) is 21.2. The molecular weight excluding hydrogens is 488 g/mol. The molecule has 0 aromatic heterocycles. The van der Waals surface area contributed by atoms with Crippen molar-refractivity contribution >= 4 is 17.6 Å². The van der Waals surface area contributed by atoms with Gasteiger partial charge in [-0.3, -0.25) is 15.0 Å². The van der Waals surface area contributed by atoms with Gasteiger partial charge in [-0.25, -0.2) is 0 Å². The van der Waals surface area contributed by atoms with Crippen LogP contribution in [-0.2, 0) is 17.8 Å². The van der Waals surface area contributed by atoms with Crippen LogP contribution in [0.25, 0.3) is 0 Å². The Morgan fingerprint density at radius 2 is 1.92 bits per heavy atom. The summed E-state index contributed by atoms with van der Waals surface area (Å²) in [6.07, 6.45) is 8.48. The van der Waals surface area contributed by atoms with Crippen LogP contribution < -0.4 is 10.1 Å². The molecule has 1 unspecified atom stereocenters. The van der Waals surface area contributed by atoms with Crippen molar-refractivity contribution in [2.24, 2.45) is 5.92 Å². The zero-order valence-corrected chi connectivity index (χ0v) is 24.8. The number of nitrogens with one attached hydrogen (secondary N) is 2. The summed E-state index contributed by atoms with van der Waals surface area (Å²) < 4.78 is 5.51. The number of fused-ring (bicyclic) bond motifs is 1. The molecule has 7 heteroatoms. The molecule has 212 valence electrons. The molecule has 0 aliphatic carbocycles. The number of benzene rings is 1. The van der Waals surface area contributed by atoms with Gasteiger partial charge in [0.05, 0.1) is 12.7 Å². The average Bonchev–Trinajstić information content (AvgIpc) is 3.24. The third kappa shape index (κ3) is 8.19. The van der Waals surface area contributed by atoms with Crippen LogP contribution in [0.4, 0.5) is 0 Å². The summed E-state index contributed by atoms with van der Waals surface area (Å²) in [5.74, 6) is 1.06. The predicted molar refractivity (Wildman–Crippen MR) is 160 cm³/mol. The Bertz CT molecular complexity index is 1160. The Balaban J connectivity index is 0.00000260. The number of likely N-dealkylation sites (tertiary alicyclic amines) is 1.